The van der Waals surface area contributed by atoms with Crippen molar-refractivity contribution in [1.29, 1.82) is 0 Å². The molecule has 2 heterocycles. The predicted molar refractivity (Wildman–Crippen MR) is 76.6 cm³/mol. The van der Waals surface area contributed by atoms with Gasteiger partial charge in [-0.3, -0.25) is 0 Å². The van der Waals surface area contributed by atoms with E-state index >= 15 is 0 Å². The van der Waals surface area contributed by atoms with Crippen molar-refractivity contribution in [2.24, 2.45) is 12.8 Å². The number of benzene rings is 1. The van der Waals surface area contributed by atoms with Crippen molar-refractivity contribution in [2.45, 2.75) is 13.0 Å². The van der Waals surface area contributed by atoms with Crippen LogP contribution in [0.1, 0.15) is 18.7 Å². The Morgan fingerprint density at radius 3 is 2.83 bits per heavy atom. The van der Waals surface area contributed by atoms with Crippen LogP contribution < -0.4 is 5.73 Å². The lowest BCUT2D eigenvalue weighted by Gasteiger charge is -1.97. The minimum atomic E-state index is -0.00928. The zero-order chi connectivity index (χ0) is 12.7. The molecule has 2 aromatic heterocycles. The molecule has 18 heavy (non-hydrogen) atoms. The van der Waals surface area contributed by atoms with Crippen molar-refractivity contribution in [1.82, 2.24) is 9.55 Å². The quantitative estimate of drug-likeness (QED) is 0.765. The van der Waals surface area contributed by atoms with Crippen molar-refractivity contribution >= 4 is 22.2 Å². The Labute approximate surface area is 110 Å². The molecule has 0 bridgehead atoms. The highest BCUT2D eigenvalue weighted by atomic mass is 32.1. The molecule has 92 valence electrons. The van der Waals surface area contributed by atoms with Gasteiger partial charge in [0.05, 0.1) is 5.69 Å². The number of hydrogen-bond acceptors (Lipinski definition) is 3. The van der Waals surface area contributed by atoms with Crippen LogP contribution in [0.3, 0.4) is 0 Å². The number of aryl methyl sites for hydroxylation is 1. The zero-order valence-corrected chi connectivity index (χ0v) is 11.2. The van der Waals surface area contributed by atoms with E-state index in [1.165, 1.54) is 16.5 Å². The fourth-order valence-electron chi connectivity index (χ4n) is 2.13. The summed E-state index contributed by atoms with van der Waals surface area (Å²) in [6.07, 6.45) is 2.13. The molecule has 1 aromatic carbocycles. The molecule has 3 nitrogen and oxygen atoms in total. The van der Waals surface area contributed by atoms with Gasteiger partial charge in [-0.1, -0.05) is 18.2 Å². The van der Waals surface area contributed by atoms with Crippen LogP contribution >= 0.6 is 11.3 Å². The van der Waals surface area contributed by atoms with E-state index in [1.807, 2.05) is 12.3 Å². The number of thiazole rings is 1. The van der Waals surface area contributed by atoms with Crippen LogP contribution in [-0.2, 0) is 7.05 Å². The van der Waals surface area contributed by atoms with Gasteiger partial charge in [-0.25, -0.2) is 4.98 Å². The standard InChI is InChI=1S/C14H15N3S/c1-9(15)12-8-18-14(16-12)11-7-17(2)13-6-4-3-5-10(11)13/h3-9H,15H2,1-2H3. The van der Waals surface area contributed by atoms with E-state index in [0.29, 0.717) is 0 Å². The van der Waals surface area contributed by atoms with Crippen LogP contribution in [0.4, 0.5) is 0 Å². The van der Waals surface area contributed by atoms with E-state index in [9.17, 15) is 0 Å². The minimum absolute atomic E-state index is 0.00928. The second-order valence-electron chi connectivity index (χ2n) is 4.54. The van der Waals surface area contributed by atoms with E-state index < -0.39 is 0 Å². The number of nitrogens with zero attached hydrogens (tertiary/aromatic N) is 2. The third kappa shape index (κ3) is 1.74. The normalized spacial score (nSPS) is 13.1. The summed E-state index contributed by atoms with van der Waals surface area (Å²) in [7, 11) is 2.06. The molecule has 2 N–H and O–H groups in total. The summed E-state index contributed by atoms with van der Waals surface area (Å²) in [5.41, 5.74) is 9.24. The van der Waals surface area contributed by atoms with Crippen molar-refractivity contribution in [3.8, 4) is 10.6 Å². The van der Waals surface area contributed by atoms with Crippen LogP contribution in [0, 0.1) is 0 Å². The second kappa shape index (κ2) is 4.23. The van der Waals surface area contributed by atoms with Crippen molar-refractivity contribution in [3.63, 3.8) is 0 Å². The molecule has 1 atom stereocenters. The molecule has 0 saturated carbocycles. The van der Waals surface area contributed by atoms with Gasteiger partial charge in [0.2, 0.25) is 0 Å². The van der Waals surface area contributed by atoms with Crippen LogP contribution in [0.15, 0.2) is 35.8 Å². The smallest absolute Gasteiger partial charge is 0.125 e. The summed E-state index contributed by atoms with van der Waals surface area (Å²) < 4.78 is 2.14. The first-order valence-electron chi connectivity index (χ1n) is 5.92. The predicted octanol–water partition coefficient (Wildman–Crippen LogP) is 3.32. The molecule has 1 unspecified atom stereocenters. The van der Waals surface area contributed by atoms with Crippen LogP contribution in [0.5, 0.6) is 0 Å². The summed E-state index contributed by atoms with van der Waals surface area (Å²) in [5.74, 6) is 0. The third-order valence-electron chi connectivity index (χ3n) is 3.12. The Morgan fingerprint density at radius 2 is 2.11 bits per heavy atom. The van der Waals surface area contributed by atoms with Gasteiger partial charge in [-0.15, -0.1) is 11.3 Å². The summed E-state index contributed by atoms with van der Waals surface area (Å²) >= 11 is 1.65. The molecule has 0 spiro atoms. The van der Waals surface area contributed by atoms with Crippen LogP contribution in [-0.4, -0.2) is 9.55 Å². The van der Waals surface area contributed by atoms with Crippen LogP contribution in [0.25, 0.3) is 21.5 Å². The van der Waals surface area contributed by atoms with Gasteiger partial charge in [-0.2, -0.15) is 0 Å². The Balaban J connectivity index is 2.19. The van der Waals surface area contributed by atoms with E-state index in [2.05, 4.69) is 47.1 Å². The molecule has 0 fully saturated rings. The van der Waals surface area contributed by atoms with E-state index in [1.54, 1.807) is 11.3 Å². The lowest BCUT2D eigenvalue weighted by Crippen LogP contribution is -2.04. The molecule has 0 amide bonds. The lowest BCUT2D eigenvalue weighted by atomic mass is 10.2. The maximum atomic E-state index is 5.86. The second-order valence-corrected chi connectivity index (χ2v) is 5.40. The highest BCUT2D eigenvalue weighted by Crippen LogP contribution is 2.32. The minimum Gasteiger partial charge on any atom is -0.350 e. The van der Waals surface area contributed by atoms with Gasteiger partial charge in [0.1, 0.15) is 5.01 Å². The summed E-state index contributed by atoms with van der Waals surface area (Å²) in [6, 6.07) is 8.37. The van der Waals surface area contributed by atoms with Crippen molar-refractivity contribution in [2.75, 3.05) is 0 Å². The Bertz CT molecular complexity index is 694. The van der Waals surface area contributed by atoms with Gasteiger partial charge in [0, 0.05) is 41.1 Å². The van der Waals surface area contributed by atoms with E-state index in [4.69, 9.17) is 5.73 Å². The van der Waals surface area contributed by atoms with Gasteiger partial charge in [-0.05, 0) is 13.0 Å². The average Bonchev–Trinajstić information content (AvgIpc) is 2.95. The van der Waals surface area contributed by atoms with Gasteiger partial charge >= 0.3 is 0 Å². The summed E-state index contributed by atoms with van der Waals surface area (Å²) in [6.45, 7) is 1.96. The number of nitrogens with two attached hydrogens (primary N) is 1. The highest BCUT2D eigenvalue weighted by molar-refractivity contribution is 7.13. The lowest BCUT2D eigenvalue weighted by molar-refractivity contribution is 0.790. The third-order valence-corrected chi connectivity index (χ3v) is 4.01. The fourth-order valence-corrected chi connectivity index (χ4v) is 3.08. The maximum Gasteiger partial charge on any atom is 0.125 e. The van der Waals surface area contributed by atoms with E-state index in [0.717, 1.165) is 10.7 Å². The number of para-hydroxylation sites is 1. The molecule has 3 rings (SSSR count). The van der Waals surface area contributed by atoms with Gasteiger partial charge < -0.3 is 10.3 Å². The number of hydrogen-bond donors (Lipinski definition) is 1. The molecule has 0 aliphatic rings. The first-order chi connectivity index (χ1) is 8.66. The topological polar surface area (TPSA) is 43.8 Å². The monoisotopic (exact) mass is 257 g/mol. The molecule has 4 heteroatoms. The molecular formula is C14H15N3S. The first kappa shape index (κ1) is 11.4. The van der Waals surface area contributed by atoms with E-state index in [-0.39, 0.29) is 6.04 Å². The molecule has 3 aromatic rings. The maximum absolute atomic E-state index is 5.86. The Morgan fingerprint density at radius 1 is 1.33 bits per heavy atom. The largest absolute Gasteiger partial charge is 0.350 e. The number of fused-ring (bicyclic) bond motifs is 1. The molecule has 0 radical (unpaired) electrons. The summed E-state index contributed by atoms with van der Waals surface area (Å²) in [5, 5.41) is 4.33. The molecular weight excluding hydrogens is 242 g/mol. The molecule has 0 aliphatic carbocycles. The molecule has 0 aliphatic heterocycles. The zero-order valence-electron chi connectivity index (χ0n) is 10.4. The Hall–Kier alpha value is -1.65. The van der Waals surface area contributed by atoms with Gasteiger partial charge in [0.15, 0.2) is 0 Å². The first-order valence-corrected chi connectivity index (χ1v) is 6.80. The highest BCUT2D eigenvalue weighted by Gasteiger charge is 2.12. The van der Waals surface area contributed by atoms with Crippen molar-refractivity contribution < 1.29 is 0 Å². The summed E-state index contributed by atoms with van der Waals surface area (Å²) in [4.78, 5) is 4.62. The fraction of sp³-hybridized carbons (Fsp3) is 0.214. The SMILES string of the molecule is CC(N)c1csc(-c2cn(C)c3ccccc23)n1. The van der Waals surface area contributed by atoms with Gasteiger partial charge in [0.25, 0.3) is 0 Å². The number of aromatic nitrogens is 2. The molecule has 0 saturated heterocycles. The van der Waals surface area contributed by atoms with Crippen molar-refractivity contribution in [3.05, 3.63) is 41.5 Å². The van der Waals surface area contributed by atoms with Crippen LogP contribution in [0.2, 0.25) is 0 Å². The number of rotatable bonds is 2. The Kier molecular flexibility index (Phi) is 2.69. The average molecular weight is 257 g/mol.